The van der Waals surface area contributed by atoms with Gasteiger partial charge in [0.2, 0.25) is 0 Å². The molecule has 0 saturated heterocycles. The van der Waals surface area contributed by atoms with Gasteiger partial charge in [0.25, 0.3) is 0 Å². The van der Waals surface area contributed by atoms with Crippen LogP contribution in [-0.2, 0) is 6.54 Å². The molecule has 1 aromatic carbocycles. The maximum atomic E-state index is 12.3. The van der Waals surface area contributed by atoms with Crippen molar-refractivity contribution in [2.75, 3.05) is 19.8 Å². The molecule has 0 N–H and O–H groups in total. The molecule has 0 atom stereocenters. The Morgan fingerprint density at radius 1 is 1.12 bits per heavy atom. The number of aromatic nitrogens is 3. The quantitative estimate of drug-likeness (QED) is 0.309. The van der Waals surface area contributed by atoms with Crippen LogP contribution in [0.5, 0.6) is 0 Å². The molecule has 4 rings (SSSR count). The Balaban J connectivity index is 0.000000970. The number of nitrogens with zero attached hydrogens (tertiary/aromatic N) is 7. The Morgan fingerprint density at radius 2 is 1.85 bits per heavy atom. The van der Waals surface area contributed by atoms with Gasteiger partial charge in [0.1, 0.15) is 16.4 Å². The van der Waals surface area contributed by atoms with E-state index in [0.717, 1.165) is 21.8 Å². The second kappa shape index (κ2) is 14.2. The second-order valence-electron chi connectivity index (χ2n) is 6.67. The van der Waals surface area contributed by atoms with Crippen LogP contribution in [0.4, 0.5) is 10.5 Å². The predicted molar refractivity (Wildman–Crippen MR) is 144 cm³/mol. The first kappa shape index (κ1) is 27.1. The summed E-state index contributed by atoms with van der Waals surface area (Å²) in [6.45, 7) is 8.37. The van der Waals surface area contributed by atoms with E-state index in [1.165, 1.54) is 28.1 Å². The molecule has 1 aliphatic heterocycles. The largest absolute Gasteiger partial charge is 0.369 e. The predicted octanol–water partition coefficient (Wildman–Crippen LogP) is 5.95. The lowest BCUT2D eigenvalue weighted by Gasteiger charge is -2.22. The van der Waals surface area contributed by atoms with Gasteiger partial charge < -0.3 is 4.90 Å². The number of carbonyl (C=O) groups excluding carboxylic acids is 1. The molecule has 34 heavy (non-hydrogen) atoms. The summed E-state index contributed by atoms with van der Waals surface area (Å²) in [5.41, 5.74) is 3.33. The SMILES string of the molecule is CC.CC.CN(C)C=Nc1cnc(-c2cccc(CN3N=C(c4nccs4)CSC3=O)c2)nc1. The molecule has 180 valence electrons. The highest BCUT2D eigenvalue weighted by atomic mass is 32.2. The molecule has 0 spiro atoms. The van der Waals surface area contributed by atoms with E-state index >= 15 is 0 Å². The van der Waals surface area contributed by atoms with Crippen molar-refractivity contribution in [3.63, 3.8) is 0 Å². The highest BCUT2D eigenvalue weighted by molar-refractivity contribution is 8.14. The summed E-state index contributed by atoms with van der Waals surface area (Å²) >= 11 is 2.76. The minimum atomic E-state index is -0.0694. The van der Waals surface area contributed by atoms with Gasteiger partial charge in [0.05, 0.1) is 31.0 Å². The van der Waals surface area contributed by atoms with E-state index < -0.39 is 0 Å². The number of aliphatic imine (C=N–C) groups is 1. The van der Waals surface area contributed by atoms with Crippen molar-refractivity contribution in [1.82, 2.24) is 24.9 Å². The number of carbonyl (C=O) groups is 1. The Labute approximate surface area is 209 Å². The first-order chi connectivity index (χ1) is 16.6. The van der Waals surface area contributed by atoms with Crippen molar-refractivity contribution in [1.29, 1.82) is 0 Å². The molecule has 2 aromatic heterocycles. The van der Waals surface area contributed by atoms with E-state index in [0.29, 0.717) is 23.8 Å². The van der Waals surface area contributed by atoms with E-state index in [-0.39, 0.29) is 5.24 Å². The van der Waals surface area contributed by atoms with Gasteiger partial charge in [-0.05, 0) is 11.6 Å². The lowest BCUT2D eigenvalue weighted by Crippen LogP contribution is -2.29. The molecule has 10 heteroatoms. The Hall–Kier alpha value is -3.11. The fraction of sp³-hybridized carbons (Fsp3) is 0.333. The first-order valence-electron chi connectivity index (χ1n) is 11.1. The molecule has 0 saturated carbocycles. The van der Waals surface area contributed by atoms with Crippen molar-refractivity contribution < 1.29 is 4.79 Å². The third-order valence-corrected chi connectivity index (χ3v) is 5.75. The third kappa shape index (κ3) is 7.74. The molecule has 0 fully saturated rings. The summed E-state index contributed by atoms with van der Waals surface area (Å²) < 4.78 is 0. The number of thiazole rings is 1. The first-order valence-corrected chi connectivity index (χ1v) is 13.0. The monoisotopic (exact) mass is 497 g/mol. The van der Waals surface area contributed by atoms with Crippen LogP contribution in [0, 0.1) is 0 Å². The number of hydrazone groups is 1. The molecular formula is C24H31N7OS2. The number of benzene rings is 1. The van der Waals surface area contributed by atoms with Gasteiger partial charge in [-0.3, -0.25) is 4.79 Å². The molecule has 0 unspecified atom stereocenters. The summed E-state index contributed by atoms with van der Waals surface area (Å²) in [5.74, 6) is 1.14. The lowest BCUT2D eigenvalue weighted by molar-refractivity contribution is 0.222. The van der Waals surface area contributed by atoms with Crippen molar-refractivity contribution in [2.24, 2.45) is 10.1 Å². The van der Waals surface area contributed by atoms with E-state index in [1.807, 2.05) is 76.3 Å². The third-order valence-electron chi connectivity index (χ3n) is 4.06. The standard InChI is InChI=1S/C20H19N7OS2.2C2H6/c1-26(2)13-24-16-9-22-18(23-10-16)15-5-3-4-14(8-15)11-27-20(28)30-12-17(25-27)19-21-6-7-29-19;2*1-2/h3-10,13H,11-12H2,1-2H3;2*1-2H3. The van der Waals surface area contributed by atoms with E-state index in [1.54, 1.807) is 24.9 Å². The van der Waals surface area contributed by atoms with Crippen LogP contribution >= 0.6 is 23.1 Å². The normalized spacial score (nSPS) is 12.9. The molecule has 1 aliphatic rings. The zero-order valence-corrected chi connectivity index (χ0v) is 22.1. The van der Waals surface area contributed by atoms with Crippen LogP contribution < -0.4 is 0 Å². The number of thioether (sulfide) groups is 1. The van der Waals surface area contributed by atoms with Crippen LogP contribution in [0.2, 0.25) is 0 Å². The van der Waals surface area contributed by atoms with Crippen LogP contribution in [0.15, 0.2) is 58.3 Å². The Kier molecular flexibility index (Phi) is 11.3. The number of rotatable bonds is 6. The van der Waals surface area contributed by atoms with Gasteiger partial charge in [-0.25, -0.2) is 25.0 Å². The van der Waals surface area contributed by atoms with Crippen molar-refractivity contribution in [2.45, 2.75) is 34.2 Å². The van der Waals surface area contributed by atoms with Crippen LogP contribution in [0.25, 0.3) is 11.4 Å². The molecular weight excluding hydrogens is 466 g/mol. The summed E-state index contributed by atoms with van der Waals surface area (Å²) in [6.07, 6.45) is 6.82. The fourth-order valence-electron chi connectivity index (χ4n) is 2.69. The van der Waals surface area contributed by atoms with E-state index in [2.05, 4.69) is 25.0 Å². The summed E-state index contributed by atoms with van der Waals surface area (Å²) in [7, 11) is 3.81. The Bertz CT molecular complexity index is 1080. The maximum absolute atomic E-state index is 12.3. The highest BCUT2D eigenvalue weighted by Crippen LogP contribution is 2.24. The maximum Gasteiger partial charge on any atom is 0.302 e. The second-order valence-corrected chi connectivity index (χ2v) is 8.49. The molecule has 0 radical (unpaired) electrons. The molecule has 1 amide bonds. The number of amides is 1. The summed E-state index contributed by atoms with van der Waals surface area (Å²) in [4.78, 5) is 31.6. The zero-order chi connectivity index (χ0) is 24.9. The Morgan fingerprint density at radius 3 is 2.50 bits per heavy atom. The van der Waals surface area contributed by atoms with E-state index in [9.17, 15) is 4.79 Å². The molecule has 0 aliphatic carbocycles. The minimum Gasteiger partial charge on any atom is -0.369 e. The number of hydrogen-bond acceptors (Lipinski definition) is 8. The van der Waals surface area contributed by atoms with Gasteiger partial charge in [-0.1, -0.05) is 57.7 Å². The fourth-order valence-corrected chi connectivity index (χ4v) is 4.11. The van der Waals surface area contributed by atoms with Crippen molar-refractivity contribution in [3.8, 4) is 11.4 Å². The van der Waals surface area contributed by atoms with Gasteiger partial charge in [0, 0.05) is 31.2 Å². The van der Waals surface area contributed by atoms with Crippen LogP contribution in [0.1, 0.15) is 38.3 Å². The van der Waals surface area contributed by atoms with Crippen LogP contribution in [-0.4, -0.2) is 62.0 Å². The highest BCUT2D eigenvalue weighted by Gasteiger charge is 2.23. The van der Waals surface area contributed by atoms with Gasteiger partial charge in [-0.2, -0.15) is 5.10 Å². The lowest BCUT2D eigenvalue weighted by atomic mass is 10.1. The van der Waals surface area contributed by atoms with Gasteiger partial charge >= 0.3 is 5.24 Å². The minimum absolute atomic E-state index is 0.0694. The average molecular weight is 498 g/mol. The zero-order valence-electron chi connectivity index (χ0n) is 20.5. The van der Waals surface area contributed by atoms with E-state index in [4.69, 9.17) is 0 Å². The van der Waals surface area contributed by atoms with Crippen molar-refractivity contribution >= 4 is 46.1 Å². The smallest absolute Gasteiger partial charge is 0.302 e. The topological polar surface area (TPSA) is 86.9 Å². The summed E-state index contributed by atoms with van der Waals surface area (Å²) in [5, 5.41) is 8.70. The molecule has 8 nitrogen and oxygen atoms in total. The van der Waals surface area contributed by atoms with Crippen LogP contribution in [0.3, 0.4) is 0 Å². The molecule has 3 heterocycles. The molecule has 3 aromatic rings. The van der Waals surface area contributed by atoms with Gasteiger partial charge in [-0.15, -0.1) is 11.3 Å². The number of hydrogen-bond donors (Lipinski definition) is 0. The van der Waals surface area contributed by atoms with Crippen molar-refractivity contribution in [3.05, 3.63) is 58.8 Å². The average Bonchev–Trinajstić information content (AvgIpc) is 3.42. The molecule has 0 bridgehead atoms. The summed E-state index contributed by atoms with van der Waals surface area (Å²) in [6, 6.07) is 7.81. The van der Waals surface area contributed by atoms with Gasteiger partial charge in [0.15, 0.2) is 5.82 Å².